The lowest BCUT2D eigenvalue weighted by atomic mass is 10.2. The van der Waals surface area contributed by atoms with Crippen molar-refractivity contribution in [2.24, 2.45) is 0 Å². The van der Waals surface area contributed by atoms with E-state index >= 15 is 0 Å². The number of aromatic amines is 1. The van der Waals surface area contributed by atoms with Gasteiger partial charge in [0.1, 0.15) is 11.3 Å². The summed E-state index contributed by atoms with van der Waals surface area (Å²) < 4.78 is 0. The van der Waals surface area contributed by atoms with Crippen molar-refractivity contribution in [1.82, 2.24) is 15.3 Å². The highest BCUT2D eigenvalue weighted by atomic mass is 35.5. The zero-order valence-corrected chi connectivity index (χ0v) is 10.3. The molecule has 0 amide bonds. The fourth-order valence-electron chi connectivity index (χ4n) is 1.55. The van der Waals surface area contributed by atoms with Crippen molar-refractivity contribution in [3.8, 4) is 0 Å². The molecule has 4 heteroatoms. The van der Waals surface area contributed by atoms with Crippen molar-refractivity contribution in [1.29, 1.82) is 0 Å². The van der Waals surface area contributed by atoms with E-state index in [1.165, 1.54) is 0 Å². The number of fused-ring (bicyclic) bond motifs is 1. The minimum Gasteiger partial charge on any atom is -0.341 e. The quantitative estimate of drug-likeness (QED) is 0.858. The topological polar surface area (TPSA) is 40.7 Å². The van der Waals surface area contributed by atoms with Crippen LogP contribution in [0, 0.1) is 0 Å². The molecule has 2 N–H and O–H groups in total. The average Bonchev–Trinajstić information content (AvgIpc) is 2.70. The average molecular weight is 238 g/mol. The number of imidazole rings is 1. The zero-order valence-electron chi connectivity index (χ0n) is 9.55. The first-order chi connectivity index (χ1) is 7.70. The van der Waals surface area contributed by atoms with Crippen molar-refractivity contribution in [2.75, 3.05) is 0 Å². The Labute approximate surface area is 100 Å². The zero-order chi connectivity index (χ0) is 11.5. The standard InChI is InChI=1S/C12H16ClN3/c1-3-8(2)14-7-11-15-10-6-4-5-9(13)12(10)16-11/h4-6,8,14H,3,7H2,1-2H3,(H,15,16). The predicted molar refractivity (Wildman–Crippen MR) is 67.7 cm³/mol. The van der Waals surface area contributed by atoms with Crippen molar-refractivity contribution in [3.05, 3.63) is 29.0 Å². The molecule has 0 aliphatic carbocycles. The summed E-state index contributed by atoms with van der Waals surface area (Å²) in [4.78, 5) is 7.73. The second-order valence-electron chi connectivity index (χ2n) is 4.01. The fourth-order valence-corrected chi connectivity index (χ4v) is 1.76. The van der Waals surface area contributed by atoms with Gasteiger partial charge in [0.05, 0.1) is 17.1 Å². The van der Waals surface area contributed by atoms with Crippen LogP contribution in [0.3, 0.4) is 0 Å². The van der Waals surface area contributed by atoms with Crippen LogP contribution in [-0.2, 0) is 6.54 Å². The molecule has 0 aliphatic rings. The van der Waals surface area contributed by atoms with Crippen LogP contribution in [0.5, 0.6) is 0 Å². The SMILES string of the molecule is CCC(C)NCc1nc2c(Cl)cccc2[nH]1. The van der Waals surface area contributed by atoms with Gasteiger partial charge >= 0.3 is 0 Å². The van der Waals surface area contributed by atoms with E-state index in [4.69, 9.17) is 11.6 Å². The highest BCUT2D eigenvalue weighted by Gasteiger charge is 2.06. The van der Waals surface area contributed by atoms with Gasteiger partial charge in [0.15, 0.2) is 0 Å². The number of H-pyrrole nitrogens is 1. The largest absolute Gasteiger partial charge is 0.341 e. The lowest BCUT2D eigenvalue weighted by molar-refractivity contribution is 0.525. The number of hydrogen-bond donors (Lipinski definition) is 2. The van der Waals surface area contributed by atoms with Crippen LogP contribution in [0.2, 0.25) is 5.02 Å². The van der Waals surface area contributed by atoms with Crippen LogP contribution in [0.1, 0.15) is 26.1 Å². The van der Waals surface area contributed by atoms with Gasteiger partial charge in [-0.2, -0.15) is 0 Å². The Kier molecular flexibility index (Phi) is 3.46. The number of nitrogens with zero attached hydrogens (tertiary/aromatic N) is 1. The monoisotopic (exact) mass is 237 g/mol. The molecule has 1 heterocycles. The molecule has 0 spiro atoms. The van der Waals surface area contributed by atoms with Crippen molar-refractivity contribution in [3.63, 3.8) is 0 Å². The summed E-state index contributed by atoms with van der Waals surface area (Å²) in [5, 5.41) is 4.09. The summed E-state index contributed by atoms with van der Waals surface area (Å²) in [5.74, 6) is 0.934. The summed E-state index contributed by atoms with van der Waals surface area (Å²) in [7, 11) is 0. The van der Waals surface area contributed by atoms with Crippen molar-refractivity contribution >= 4 is 22.6 Å². The van der Waals surface area contributed by atoms with Crippen LogP contribution >= 0.6 is 11.6 Å². The van der Waals surface area contributed by atoms with E-state index < -0.39 is 0 Å². The Morgan fingerprint density at radius 2 is 2.31 bits per heavy atom. The molecule has 1 aromatic carbocycles. The summed E-state index contributed by atoms with van der Waals surface area (Å²) >= 11 is 6.06. The van der Waals surface area contributed by atoms with Gasteiger partial charge in [-0.25, -0.2) is 4.98 Å². The van der Waals surface area contributed by atoms with Gasteiger partial charge in [0.25, 0.3) is 0 Å². The highest BCUT2D eigenvalue weighted by molar-refractivity contribution is 6.34. The summed E-state index contributed by atoms with van der Waals surface area (Å²) in [6, 6.07) is 6.27. The highest BCUT2D eigenvalue weighted by Crippen LogP contribution is 2.20. The molecular formula is C12H16ClN3. The Bertz CT molecular complexity index is 478. The van der Waals surface area contributed by atoms with Crippen molar-refractivity contribution < 1.29 is 0 Å². The molecule has 0 fully saturated rings. The number of aromatic nitrogens is 2. The first kappa shape index (κ1) is 11.4. The van der Waals surface area contributed by atoms with E-state index in [-0.39, 0.29) is 0 Å². The first-order valence-electron chi connectivity index (χ1n) is 5.57. The number of rotatable bonds is 4. The summed E-state index contributed by atoms with van der Waals surface area (Å²) in [6.07, 6.45) is 1.11. The predicted octanol–water partition coefficient (Wildman–Crippen LogP) is 3.10. The molecule has 1 aromatic heterocycles. The summed E-state index contributed by atoms with van der Waals surface area (Å²) in [5.41, 5.74) is 1.85. The number of halogens is 1. The van der Waals surface area contributed by atoms with E-state index in [1.807, 2.05) is 18.2 Å². The van der Waals surface area contributed by atoms with E-state index in [2.05, 4.69) is 29.1 Å². The maximum absolute atomic E-state index is 6.06. The number of para-hydroxylation sites is 1. The molecular weight excluding hydrogens is 222 g/mol. The molecule has 2 aromatic rings. The maximum atomic E-state index is 6.06. The molecule has 3 nitrogen and oxygen atoms in total. The van der Waals surface area contributed by atoms with Gasteiger partial charge in [-0.3, -0.25) is 0 Å². The lowest BCUT2D eigenvalue weighted by Gasteiger charge is -2.08. The van der Waals surface area contributed by atoms with Crippen LogP contribution in [0.4, 0.5) is 0 Å². The number of hydrogen-bond acceptors (Lipinski definition) is 2. The maximum Gasteiger partial charge on any atom is 0.121 e. The van der Waals surface area contributed by atoms with Gasteiger partial charge in [-0.15, -0.1) is 0 Å². The van der Waals surface area contributed by atoms with Crippen LogP contribution < -0.4 is 5.32 Å². The summed E-state index contributed by atoms with van der Waals surface area (Å²) in [6.45, 7) is 5.07. The Morgan fingerprint density at radius 1 is 1.50 bits per heavy atom. The minimum absolute atomic E-state index is 0.503. The number of benzene rings is 1. The molecule has 0 radical (unpaired) electrons. The third-order valence-corrected chi connectivity index (χ3v) is 3.05. The third-order valence-electron chi connectivity index (χ3n) is 2.74. The Balaban J connectivity index is 2.17. The molecule has 1 atom stereocenters. The first-order valence-corrected chi connectivity index (χ1v) is 5.95. The smallest absolute Gasteiger partial charge is 0.121 e. The van der Waals surface area contributed by atoms with E-state index in [0.717, 1.165) is 29.8 Å². The van der Waals surface area contributed by atoms with E-state index in [0.29, 0.717) is 11.1 Å². The van der Waals surface area contributed by atoms with E-state index in [1.54, 1.807) is 0 Å². The Hall–Kier alpha value is -1.06. The molecule has 2 rings (SSSR count). The molecule has 0 bridgehead atoms. The Morgan fingerprint density at radius 3 is 3.00 bits per heavy atom. The van der Waals surface area contributed by atoms with Gasteiger partial charge in [0.2, 0.25) is 0 Å². The normalized spacial score (nSPS) is 13.2. The second kappa shape index (κ2) is 4.85. The molecule has 16 heavy (non-hydrogen) atoms. The molecule has 0 aliphatic heterocycles. The second-order valence-corrected chi connectivity index (χ2v) is 4.42. The fraction of sp³-hybridized carbons (Fsp3) is 0.417. The molecule has 1 unspecified atom stereocenters. The van der Waals surface area contributed by atoms with Crippen molar-refractivity contribution in [2.45, 2.75) is 32.9 Å². The molecule has 0 saturated heterocycles. The van der Waals surface area contributed by atoms with E-state index in [9.17, 15) is 0 Å². The van der Waals surface area contributed by atoms with Gasteiger partial charge in [0, 0.05) is 6.04 Å². The molecule has 86 valence electrons. The third kappa shape index (κ3) is 2.36. The van der Waals surface area contributed by atoms with Gasteiger partial charge < -0.3 is 10.3 Å². The molecule has 0 saturated carbocycles. The van der Waals surface area contributed by atoms with Gasteiger partial charge in [-0.1, -0.05) is 24.6 Å². The van der Waals surface area contributed by atoms with Crippen LogP contribution in [-0.4, -0.2) is 16.0 Å². The minimum atomic E-state index is 0.503. The number of nitrogens with one attached hydrogen (secondary N) is 2. The van der Waals surface area contributed by atoms with Crippen LogP contribution in [0.25, 0.3) is 11.0 Å². The van der Waals surface area contributed by atoms with Crippen LogP contribution in [0.15, 0.2) is 18.2 Å². The lowest BCUT2D eigenvalue weighted by Crippen LogP contribution is -2.24. The van der Waals surface area contributed by atoms with Gasteiger partial charge in [-0.05, 0) is 25.5 Å².